The highest BCUT2D eigenvalue weighted by Crippen LogP contribution is 2.23. The number of hydrogen-bond acceptors (Lipinski definition) is 3. The van der Waals surface area contributed by atoms with Gasteiger partial charge in [-0.05, 0) is 24.6 Å². The highest BCUT2D eigenvalue weighted by molar-refractivity contribution is 5.66. The SMILES string of the molecule is Cc1cc(-c2cccc(CF)c2)n2ncc(C#N)c2n1. The van der Waals surface area contributed by atoms with Gasteiger partial charge < -0.3 is 0 Å². The highest BCUT2D eigenvalue weighted by atomic mass is 19.1. The van der Waals surface area contributed by atoms with Crippen molar-refractivity contribution in [2.24, 2.45) is 0 Å². The Bertz CT molecular complexity index is 829. The van der Waals surface area contributed by atoms with Crippen LogP contribution in [0.5, 0.6) is 0 Å². The molecule has 0 bridgehead atoms. The molecule has 0 atom stereocenters. The van der Waals surface area contributed by atoms with Gasteiger partial charge in [-0.25, -0.2) is 13.9 Å². The van der Waals surface area contributed by atoms with Gasteiger partial charge in [-0.1, -0.05) is 18.2 Å². The van der Waals surface area contributed by atoms with Gasteiger partial charge >= 0.3 is 0 Å². The first-order valence-corrected chi connectivity index (χ1v) is 6.13. The highest BCUT2D eigenvalue weighted by Gasteiger charge is 2.11. The number of nitriles is 1. The van der Waals surface area contributed by atoms with Crippen LogP contribution in [0.4, 0.5) is 4.39 Å². The van der Waals surface area contributed by atoms with Crippen molar-refractivity contribution in [2.75, 3.05) is 0 Å². The molecule has 3 aromatic rings. The molecule has 2 heterocycles. The lowest BCUT2D eigenvalue weighted by molar-refractivity contribution is 0.485. The van der Waals surface area contributed by atoms with E-state index in [-0.39, 0.29) is 0 Å². The molecule has 4 nitrogen and oxygen atoms in total. The van der Waals surface area contributed by atoms with Gasteiger partial charge in [-0.3, -0.25) is 0 Å². The van der Waals surface area contributed by atoms with E-state index in [0.717, 1.165) is 17.0 Å². The van der Waals surface area contributed by atoms with Crippen LogP contribution in [0, 0.1) is 18.3 Å². The van der Waals surface area contributed by atoms with E-state index in [1.54, 1.807) is 22.7 Å². The summed E-state index contributed by atoms with van der Waals surface area (Å²) in [4.78, 5) is 4.34. The fraction of sp³-hybridized carbons (Fsp3) is 0.133. The summed E-state index contributed by atoms with van der Waals surface area (Å²) in [6.07, 6.45) is 1.49. The molecule has 98 valence electrons. The third-order valence-electron chi connectivity index (χ3n) is 3.10. The monoisotopic (exact) mass is 266 g/mol. The second-order valence-corrected chi connectivity index (χ2v) is 4.52. The van der Waals surface area contributed by atoms with E-state index in [1.807, 2.05) is 19.1 Å². The summed E-state index contributed by atoms with van der Waals surface area (Å²) in [5, 5.41) is 13.3. The zero-order valence-electron chi connectivity index (χ0n) is 10.8. The minimum Gasteiger partial charge on any atom is -0.246 e. The van der Waals surface area contributed by atoms with E-state index in [1.165, 1.54) is 6.20 Å². The molecule has 0 radical (unpaired) electrons. The van der Waals surface area contributed by atoms with Gasteiger partial charge in [-0.15, -0.1) is 0 Å². The third kappa shape index (κ3) is 1.91. The molecular formula is C15H11FN4. The second kappa shape index (κ2) is 4.74. The third-order valence-corrected chi connectivity index (χ3v) is 3.10. The maximum Gasteiger partial charge on any atom is 0.173 e. The van der Waals surface area contributed by atoms with E-state index in [0.29, 0.717) is 16.8 Å². The van der Waals surface area contributed by atoms with Crippen LogP contribution in [0.3, 0.4) is 0 Å². The average Bonchev–Trinajstić information content (AvgIpc) is 2.89. The van der Waals surface area contributed by atoms with Crippen molar-refractivity contribution in [2.45, 2.75) is 13.6 Å². The second-order valence-electron chi connectivity index (χ2n) is 4.52. The molecule has 3 rings (SSSR count). The minimum absolute atomic E-state index is 0.427. The average molecular weight is 266 g/mol. The first-order chi connectivity index (χ1) is 9.72. The number of nitrogens with zero attached hydrogens (tertiary/aromatic N) is 4. The smallest absolute Gasteiger partial charge is 0.173 e. The Balaban J connectivity index is 2.30. The molecule has 0 amide bonds. The number of hydrogen-bond donors (Lipinski definition) is 0. The van der Waals surface area contributed by atoms with Crippen LogP contribution in [0.1, 0.15) is 16.8 Å². The summed E-state index contributed by atoms with van der Waals surface area (Å²) in [6.45, 7) is 1.35. The van der Waals surface area contributed by atoms with Crippen molar-refractivity contribution >= 4 is 5.65 Å². The van der Waals surface area contributed by atoms with Crippen molar-refractivity contribution in [3.8, 4) is 17.3 Å². The van der Waals surface area contributed by atoms with E-state index in [2.05, 4.69) is 16.2 Å². The lowest BCUT2D eigenvalue weighted by Gasteiger charge is -2.07. The van der Waals surface area contributed by atoms with Crippen LogP contribution in [0.15, 0.2) is 36.5 Å². The number of alkyl halides is 1. The Morgan fingerprint density at radius 1 is 1.35 bits per heavy atom. The van der Waals surface area contributed by atoms with E-state index < -0.39 is 6.67 Å². The lowest BCUT2D eigenvalue weighted by atomic mass is 10.1. The van der Waals surface area contributed by atoms with Gasteiger partial charge in [0.2, 0.25) is 0 Å². The van der Waals surface area contributed by atoms with Gasteiger partial charge in [-0.2, -0.15) is 10.4 Å². The van der Waals surface area contributed by atoms with Gasteiger partial charge in [0.25, 0.3) is 0 Å². The molecule has 0 spiro atoms. The number of rotatable bonds is 2. The maximum absolute atomic E-state index is 12.8. The fourth-order valence-corrected chi connectivity index (χ4v) is 2.18. The molecule has 0 saturated heterocycles. The number of aryl methyl sites for hydroxylation is 1. The first-order valence-electron chi connectivity index (χ1n) is 6.13. The van der Waals surface area contributed by atoms with Crippen molar-refractivity contribution in [3.63, 3.8) is 0 Å². The molecule has 0 aliphatic heterocycles. The minimum atomic E-state index is -0.510. The number of aromatic nitrogens is 3. The van der Waals surface area contributed by atoms with Gasteiger partial charge in [0.1, 0.15) is 18.3 Å². The molecule has 0 unspecified atom stereocenters. The molecular weight excluding hydrogens is 255 g/mol. The number of halogens is 1. The lowest BCUT2D eigenvalue weighted by Crippen LogP contribution is -1.98. The van der Waals surface area contributed by atoms with E-state index in [9.17, 15) is 4.39 Å². The molecule has 0 aliphatic rings. The summed E-state index contributed by atoms with van der Waals surface area (Å²) in [5.41, 5.74) is 3.99. The van der Waals surface area contributed by atoms with Crippen LogP contribution in [-0.2, 0) is 6.67 Å². The van der Waals surface area contributed by atoms with Crippen LogP contribution in [0.2, 0.25) is 0 Å². The predicted octanol–water partition coefficient (Wildman–Crippen LogP) is 3.05. The maximum atomic E-state index is 12.8. The van der Waals surface area contributed by atoms with Crippen LogP contribution in [0.25, 0.3) is 16.9 Å². The van der Waals surface area contributed by atoms with Crippen molar-refractivity contribution in [1.29, 1.82) is 5.26 Å². The molecule has 0 fully saturated rings. The molecule has 20 heavy (non-hydrogen) atoms. The number of fused-ring (bicyclic) bond motifs is 1. The van der Waals surface area contributed by atoms with E-state index >= 15 is 0 Å². The van der Waals surface area contributed by atoms with Crippen molar-refractivity contribution in [3.05, 3.63) is 53.3 Å². The van der Waals surface area contributed by atoms with Crippen LogP contribution >= 0.6 is 0 Å². The molecule has 5 heteroatoms. The Morgan fingerprint density at radius 2 is 2.20 bits per heavy atom. The Morgan fingerprint density at radius 3 is 2.95 bits per heavy atom. The van der Waals surface area contributed by atoms with Gasteiger partial charge in [0.15, 0.2) is 5.65 Å². The molecule has 2 aromatic heterocycles. The zero-order valence-corrected chi connectivity index (χ0v) is 10.8. The summed E-state index contributed by atoms with van der Waals surface area (Å²) >= 11 is 0. The summed E-state index contributed by atoms with van der Waals surface area (Å²) in [5.74, 6) is 0. The zero-order chi connectivity index (χ0) is 14.1. The fourth-order valence-electron chi connectivity index (χ4n) is 2.18. The Labute approximate surface area is 115 Å². The molecule has 0 saturated carbocycles. The topological polar surface area (TPSA) is 54.0 Å². The van der Waals surface area contributed by atoms with Crippen molar-refractivity contribution in [1.82, 2.24) is 14.6 Å². The van der Waals surface area contributed by atoms with Crippen molar-refractivity contribution < 1.29 is 4.39 Å². The predicted molar refractivity (Wildman–Crippen MR) is 72.7 cm³/mol. The summed E-state index contributed by atoms with van der Waals surface area (Å²) < 4.78 is 14.4. The Kier molecular flexibility index (Phi) is 2.92. The summed E-state index contributed by atoms with van der Waals surface area (Å²) in [6, 6.07) is 11.2. The molecule has 1 aromatic carbocycles. The largest absolute Gasteiger partial charge is 0.246 e. The Hall–Kier alpha value is -2.74. The first kappa shape index (κ1) is 12.3. The van der Waals surface area contributed by atoms with Crippen LogP contribution in [-0.4, -0.2) is 14.6 Å². The van der Waals surface area contributed by atoms with Crippen LogP contribution < -0.4 is 0 Å². The van der Waals surface area contributed by atoms with E-state index in [4.69, 9.17) is 5.26 Å². The normalized spacial score (nSPS) is 10.7. The summed E-state index contributed by atoms with van der Waals surface area (Å²) in [7, 11) is 0. The van der Waals surface area contributed by atoms with Gasteiger partial charge in [0.05, 0.1) is 11.9 Å². The standard InChI is InChI=1S/C15H11FN4/c1-10-5-14(12-4-2-3-11(6-12)7-16)20-15(19-10)13(8-17)9-18-20/h2-6,9H,7H2,1H3. The molecule has 0 N–H and O–H groups in total. The van der Waals surface area contributed by atoms with Gasteiger partial charge in [0, 0.05) is 11.3 Å². The number of benzene rings is 1. The quantitative estimate of drug-likeness (QED) is 0.716. The molecule has 0 aliphatic carbocycles.